The van der Waals surface area contributed by atoms with E-state index in [1.165, 1.54) is 16.7 Å². The van der Waals surface area contributed by atoms with E-state index in [0.717, 1.165) is 26.7 Å². The molecule has 1 aromatic carbocycles. The van der Waals surface area contributed by atoms with Crippen LogP contribution >= 0.6 is 11.3 Å². The molecule has 4 heterocycles. The maximum absolute atomic E-state index is 4.67. The van der Waals surface area contributed by atoms with E-state index in [0.29, 0.717) is 5.82 Å². The fourth-order valence-electron chi connectivity index (χ4n) is 2.59. The van der Waals surface area contributed by atoms with Crippen LogP contribution in [0.15, 0.2) is 54.9 Å². The third kappa shape index (κ3) is 1.94. The molecule has 4 aromatic heterocycles. The Morgan fingerprint density at radius 2 is 2.00 bits per heavy atom. The summed E-state index contributed by atoms with van der Waals surface area (Å²) in [5, 5.41) is 15.2. The second kappa shape index (κ2) is 4.72. The molecule has 0 aliphatic heterocycles. The van der Waals surface area contributed by atoms with Crippen LogP contribution in [-0.2, 0) is 0 Å². The summed E-state index contributed by atoms with van der Waals surface area (Å²) in [6.45, 7) is 0. The predicted molar refractivity (Wildman–Crippen MR) is 89.2 cm³/mol. The molecule has 0 spiro atoms. The first-order valence-electron chi connectivity index (χ1n) is 7.09. The lowest BCUT2D eigenvalue weighted by Gasteiger charge is -1.94. The molecule has 6 nitrogen and oxygen atoms in total. The molecule has 5 rings (SSSR count). The lowest BCUT2D eigenvalue weighted by Crippen LogP contribution is -1.91. The van der Waals surface area contributed by atoms with Crippen LogP contribution in [0.3, 0.4) is 0 Å². The zero-order chi connectivity index (χ0) is 15.2. The van der Waals surface area contributed by atoms with Crippen molar-refractivity contribution >= 4 is 27.2 Å². The zero-order valence-corrected chi connectivity index (χ0v) is 12.7. The number of benzene rings is 1. The van der Waals surface area contributed by atoms with Crippen molar-refractivity contribution in [3.05, 3.63) is 54.9 Å². The van der Waals surface area contributed by atoms with E-state index in [1.54, 1.807) is 16.9 Å². The highest BCUT2D eigenvalue weighted by atomic mass is 32.1. The Balaban J connectivity index is 1.67. The molecule has 0 aliphatic carbocycles. The Morgan fingerprint density at radius 1 is 1.04 bits per heavy atom. The molecular weight excluding hydrogens is 308 g/mol. The molecule has 23 heavy (non-hydrogen) atoms. The number of H-pyrrole nitrogens is 1. The Kier molecular flexibility index (Phi) is 2.56. The summed E-state index contributed by atoms with van der Waals surface area (Å²) >= 11 is 1.51. The van der Waals surface area contributed by atoms with Crippen molar-refractivity contribution in [2.24, 2.45) is 0 Å². The number of hydrogen-bond donors (Lipinski definition) is 1. The average Bonchev–Trinajstić information content (AvgIpc) is 3.28. The van der Waals surface area contributed by atoms with E-state index in [4.69, 9.17) is 0 Å². The quantitative estimate of drug-likeness (QED) is 0.541. The largest absolute Gasteiger partial charge is 0.353 e. The minimum Gasteiger partial charge on any atom is -0.353 e. The van der Waals surface area contributed by atoms with Crippen molar-refractivity contribution in [3.8, 4) is 22.1 Å². The van der Waals surface area contributed by atoms with E-state index in [2.05, 4.69) is 43.5 Å². The second-order valence-corrected chi connectivity index (χ2v) is 6.09. The highest BCUT2D eigenvalue weighted by Crippen LogP contribution is 2.29. The molecule has 0 aliphatic rings. The number of hydrogen-bond acceptors (Lipinski definition) is 5. The molecule has 0 unspecified atom stereocenters. The highest BCUT2D eigenvalue weighted by Gasteiger charge is 2.15. The van der Waals surface area contributed by atoms with E-state index in [9.17, 15) is 0 Å². The Bertz CT molecular complexity index is 1090. The molecule has 0 bridgehead atoms. The fraction of sp³-hybridized carbons (Fsp3) is 0. The number of aromatic nitrogens is 6. The first kappa shape index (κ1) is 12.5. The van der Waals surface area contributed by atoms with Crippen LogP contribution in [0.2, 0.25) is 0 Å². The number of nitrogens with one attached hydrogen (secondary N) is 1. The molecule has 0 amide bonds. The predicted octanol–water partition coefficient (Wildman–Crippen LogP) is 3.40. The fourth-order valence-corrected chi connectivity index (χ4v) is 3.40. The summed E-state index contributed by atoms with van der Waals surface area (Å²) in [5.74, 6) is 0.701. The van der Waals surface area contributed by atoms with Gasteiger partial charge in [0.1, 0.15) is 0 Å². The van der Waals surface area contributed by atoms with Crippen LogP contribution in [0.1, 0.15) is 0 Å². The molecule has 7 heteroatoms. The molecule has 5 aromatic rings. The van der Waals surface area contributed by atoms with Gasteiger partial charge >= 0.3 is 0 Å². The second-order valence-electron chi connectivity index (χ2n) is 5.14. The normalized spacial score (nSPS) is 11.5. The number of nitrogens with zero attached hydrogens (tertiary/aromatic N) is 5. The number of pyridine rings is 1. The SMILES string of the molecule is c1cncc(-c2nnc3sc(-c4cc5ccccc5[nH]4)nn23)c1. The first-order chi connectivity index (χ1) is 11.4. The van der Waals surface area contributed by atoms with Crippen LogP contribution in [0.5, 0.6) is 0 Å². The molecular formula is C16H10N6S. The maximum atomic E-state index is 4.67. The Morgan fingerprint density at radius 3 is 2.87 bits per heavy atom. The van der Waals surface area contributed by atoms with Crippen LogP contribution < -0.4 is 0 Å². The van der Waals surface area contributed by atoms with Crippen LogP contribution in [0.4, 0.5) is 0 Å². The van der Waals surface area contributed by atoms with Crippen molar-refractivity contribution < 1.29 is 0 Å². The van der Waals surface area contributed by atoms with Gasteiger partial charge in [0.15, 0.2) is 10.8 Å². The van der Waals surface area contributed by atoms with Crippen LogP contribution in [-0.4, -0.2) is 29.8 Å². The van der Waals surface area contributed by atoms with E-state index in [1.807, 2.05) is 24.3 Å². The smallest absolute Gasteiger partial charge is 0.235 e. The number of rotatable bonds is 2. The summed E-state index contributed by atoms with van der Waals surface area (Å²) < 4.78 is 1.77. The van der Waals surface area contributed by atoms with Crippen molar-refractivity contribution in [2.75, 3.05) is 0 Å². The minimum absolute atomic E-state index is 0.701. The van der Waals surface area contributed by atoms with E-state index < -0.39 is 0 Å². The minimum atomic E-state index is 0.701. The molecule has 0 fully saturated rings. The third-order valence-electron chi connectivity index (χ3n) is 3.67. The summed E-state index contributed by atoms with van der Waals surface area (Å²) in [4.78, 5) is 8.29. The van der Waals surface area contributed by atoms with Crippen LogP contribution in [0.25, 0.3) is 38.0 Å². The van der Waals surface area contributed by atoms with E-state index in [-0.39, 0.29) is 0 Å². The average molecular weight is 318 g/mol. The third-order valence-corrected chi connectivity index (χ3v) is 4.60. The Labute approximate surface area is 134 Å². The van der Waals surface area contributed by atoms with Gasteiger partial charge in [-0.15, -0.1) is 10.2 Å². The van der Waals surface area contributed by atoms with E-state index >= 15 is 0 Å². The molecule has 0 radical (unpaired) electrons. The summed E-state index contributed by atoms with van der Waals surface area (Å²) in [7, 11) is 0. The summed E-state index contributed by atoms with van der Waals surface area (Å²) in [6, 6.07) is 14.1. The van der Waals surface area contributed by atoms with Crippen molar-refractivity contribution in [3.63, 3.8) is 0 Å². The van der Waals surface area contributed by atoms with Gasteiger partial charge in [-0.1, -0.05) is 29.5 Å². The molecule has 0 saturated heterocycles. The first-order valence-corrected chi connectivity index (χ1v) is 7.91. The lowest BCUT2D eigenvalue weighted by molar-refractivity contribution is 0.966. The number of fused-ring (bicyclic) bond motifs is 2. The molecule has 110 valence electrons. The van der Waals surface area contributed by atoms with Gasteiger partial charge in [-0.05, 0) is 24.3 Å². The van der Waals surface area contributed by atoms with Gasteiger partial charge in [0.2, 0.25) is 4.96 Å². The maximum Gasteiger partial charge on any atom is 0.235 e. The van der Waals surface area contributed by atoms with Gasteiger partial charge in [-0.25, -0.2) is 0 Å². The van der Waals surface area contributed by atoms with Crippen molar-refractivity contribution in [1.82, 2.24) is 29.8 Å². The monoisotopic (exact) mass is 318 g/mol. The highest BCUT2D eigenvalue weighted by molar-refractivity contribution is 7.19. The topological polar surface area (TPSA) is 71.8 Å². The lowest BCUT2D eigenvalue weighted by atomic mass is 10.2. The van der Waals surface area contributed by atoms with Gasteiger partial charge in [0.05, 0.1) is 5.69 Å². The van der Waals surface area contributed by atoms with Gasteiger partial charge in [-0.3, -0.25) is 4.98 Å². The standard InChI is InChI=1S/C16H10N6S/c1-2-6-12-10(4-1)8-13(18-12)15-21-22-14(19-20-16(22)23-15)11-5-3-7-17-9-11/h1-9,18H. The van der Waals surface area contributed by atoms with Crippen LogP contribution in [0, 0.1) is 0 Å². The van der Waals surface area contributed by atoms with Crippen molar-refractivity contribution in [1.29, 1.82) is 0 Å². The molecule has 1 N–H and O–H groups in total. The van der Waals surface area contributed by atoms with Crippen molar-refractivity contribution in [2.45, 2.75) is 0 Å². The zero-order valence-electron chi connectivity index (χ0n) is 11.8. The van der Waals surface area contributed by atoms with Gasteiger partial charge in [0, 0.05) is 28.9 Å². The summed E-state index contributed by atoms with van der Waals surface area (Å²) in [6.07, 6.45) is 3.50. The summed E-state index contributed by atoms with van der Waals surface area (Å²) in [5.41, 5.74) is 2.98. The van der Waals surface area contributed by atoms with Gasteiger partial charge in [0.25, 0.3) is 0 Å². The number of aromatic amines is 1. The Hall–Kier alpha value is -3.06. The van der Waals surface area contributed by atoms with Gasteiger partial charge < -0.3 is 4.98 Å². The molecule has 0 atom stereocenters. The molecule has 0 saturated carbocycles. The number of para-hydroxylation sites is 1. The van der Waals surface area contributed by atoms with Gasteiger partial charge in [-0.2, -0.15) is 9.61 Å².